The van der Waals surface area contributed by atoms with Crippen molar-refractivity contribution >= 4 is 11.9 Å². The van der Waals surface area contributed by atoms with Gasteiger partial charge in [-0.15, -0.1) is 0 Å². The van der Waals surface area contributed by atoms with Crippen LogP contribution in [-0.4, -0.2) is 48.6 Å². The Hall–Kier alpha value is -1.14. The predicted molar refractivity (Wildman–Crippen MR) is 178 cm³/mol. The molecule has 0 aliphatic carbocycles. The first-order chi connectivity index (χ1) is 20.5. The third-order valence-corrected chi connectivity index (χ3v) is 7.74. The van der Waals surface area contributed by atoms with Crippen LogP contribution in [0.25, 0.3) is 0 Å². The van der Waals surface area contributed by atoms with Crippen molar-refractivity contribution in [1.29, 1.82) is 0 Å². The highest BCUT2D eigenvalue weighted by Crippen LogP contribution is 2.14. The van der Waals surface area contributed by atoms with Gasteiger partial charge in [-0.2, -0.15) is 0 Å². The number of rotatable bonds is 34. The van der Waals surface area contributed by atoms with E-state index in [1.807, 2.05) is 0 Å². The van der Waals surface area contributed by atoms with Crippen LogP contribution in [-0.2, 0) is 19.1 Å². The summed E-state index contributed by atoms with van der Waals surface area (Å²) in [6.45, 7) is 5.47. The van der Waals surface area contributed by atoms with Gasteiger partial charge >= 0.3 is 11.9 Å². The van der Waals surface area contributed by atoms with E-state index in [0.717, 1.165) is 13.2 Å². The molecule has 0 saturated heterocycles. The van der Waals surface area contributed by atoms with Crippen LogP contribution < -0.4 is 0 Å². The van der Waals surface area contributed by atoms with Gasteiger partial charge in [0, 0.05) is 13.2 Å². The van der Waals surface area contributed by atoms with Gasteiger partial charge in [0.25, 0.3) is 0 Å². The van der Waals surface area contributed by atoms with Gasteiger partial charge in [0.15, 0.2) is 0 Å². The van der Waals surface area contributed by atoms with E-state index in [-0.39, 0.29) is 0 Å². The molecule has 6 nitrogen and oxygen atoms in total. The Bertz CT molecular complexity index is 481. The number of hydrogen-bond acceptors (Lipinski definition) is 4. The molecule has 0 fully saturated rings. The van der Waals surface area contributed by atoms with Crippen LogP contribution in [0.1, 0.15) is 194 Å². The molecule has 0 aliphatic rings. The summed E-state index contributed by atoms with van der Waals surface area (Å²) in [5, 5.41) is 15.8. The first-order valence-electron chi connectivity index (χ1n) is 18.1. The van der Waals surface area contributed by atoms with Crippen LogP contribution in [0.5, 0.6) is 0 Å². The average Bonchev–Trinajstić information content (AvgIpc) is 2.96. The number of unbranched alkanes of at least 4 members (excludes halogenated alkanes) is 26. The topological polar surface area (TPSA) is 93.1 Å². The Morgan fingerprint density at radius 3 is 0.786 bits per heavy atom. The van der Waals surface area contributed by atoms with Crippen molar-refractivity contribution < 1.29 is 29.3 Å². The summed E-state index contributed by atoms with van der Waals surface area (Å²) < 4.78 is 10.0. The van der Waals surface area contributed by atoms with Crippen molar-refractivity contribution in [3.05, 3.63) is 0 Å². The van der Waals surface area contributed by atoms with Crippen molar-refractivity contribution in [1.82, 2.24) is 0 Å². The minimum atomic E-state index is -1.17. The summed E-state index contributed by atoms with van der Waals surface area (Å²) >= 11 is 0. The summed E-state index contributed by atoms with van der Waals surface area (Å²) in [5.41, 5.74) is 0. The Labute approximate surface area is 261 Å². The Kier molecular flexibility index (Phi) is 40.8. The van der Waals surface area contributed by atoms with Crippen molar-refractivity contribution in [3.63, 3.8) is 0 Å². The van der Waals surface area contributed by atoms with Gasteiger partial charge in [-0.25, -0.2) is 9.59 Å². The van der Waals surface area contributed by atoms with E-state index in [9.17, 15) is 9.59 Å². The maximum Gasteiger partial charge on any atom is 0.329 e. The standard InChI is InChI=1S/C32H66O.C4H6O5/c1-3-5-7-9-11-13-15-17-19-21-23-25-27-29-31-33-32-30-28-26-24-22-20-18-16-14-12-10-8-6-4-2;5-3(6)1-9-2-4(7)8/h3-32H2,1-2H3;1-2H2,(H,5,6)(H,7,8). The fraction of sp³-hybridized carbons (Fsp3) is 0.944. The van der Waals surface area contributed by atoms with E-state index in [1.165, 1.54) is 180 Å². The van der Waals surface area contributed by atoms with Crippen LogP contribution in [0.15, 0.2) is 0 Å². The molecule has 6 heteroatoms. The van der Waals surface area contributed by atoms with Crippen LogP contribution >= 0.6 is 0 Å². The molecule has 0 radical (unpaired) electrons. The highest BCUT2D eigenvalue weighted by molar-refractivity contribution is 5.70. The predicted octanol–water partition coefficient (Wildman–Crippen LogP) is 11.1. The van der Waals surface area contributed by atoms with E-state index < -0.39 is 25.2 Å². The van der Waals surface area contributed by atoms with E-state index >= 15 is 0 Å². The largest absolute Gasteiger partial charge is 0.480 e. The molecule has 0 unspecified atom stereocenters. The second kappa shape index (κ2) is 39.9. The number of hydrogen-bond donors (Lipinski definition) is 2. The number of aliphatic carboxylic acids is 2. The molecular formula is C36H72O6. The van der Waals surface area contributed by atoms with Crippen molar-refractivity contribution in [2.75, 3.05) is 26.4 Å². The molecule has 0 aromatic heterocycles. The molecule has 0 amide bonds. The molecule has 0 aromatic rings. The molecule has 0 aliphatic heterocycles. The lowest BCUT2D eigenvalue weighted by molar-refractivity contribution is -0.148. The Morgan fingerprint density at radius 1 is 0.357 bits per heavy atom. The third-order valence-electron chi connectivity index (χ3n) is 7.74. The van der Waals surface area contributed by atoms with Gasteiger partial charge in [-0.1, -0.05) is 181 Å². The molecule has 42 heavy (non-hydrogen) atoms. The number of carbonyl (C=O) groups is 2. The molecule has 0 spiro atoms. The van der Waals surface area contributed by atoms with E-state index in [0.29, 0.717) is 0 Å². The zero-order valence-corrected chi connectivity index (χ0v) is 28.2. The lowest BCUT2D eigenvalue weighted by atomic mass is 10.0. The molecule has 0 bridgehead atoms. The molecule has 0 atom stereocenters. The van der Waals surface area contributed by atoms with E-state index in [4.69, 9.17) is 14.9 Å². The Morgan fingerprint density at radius 2 is 0.571 bits per heavy atom. The first kappa shape index (κ1) is 43.0. The Balaban J connectivity index is 0. The number of carboxylic acids is 2. The summed E-state index contributed by atoms with van der Waals surface area (Å²) in [7, 11) is 0. The van der Waals surface area contributed by atoms with Gasteiger partial charge in [0.1, 0.15) is 13.2 Å². The van der Waals surface area contributed by atoms with Gasteiger partial charge < -0.3 is 19.7 Å². The summed E-state index contributed by atoms with van der Waals surface area (Å²) in [5.74, 6) is -2.34. The molecule has 0 saturated carbocycles. The van der Waals surface area contributed by atoms with Gasteiger partial charge in [-0.05, 0) is 12.8 Å². The third kappa shape index (κ3) is 45.8. The molecule has 2 N–H and O–H groups in total. The lowest BCUT2D eigenvalue weighted by Gasteiger charge is -2.05. The molecule has 0 rings (SSSR count). The fourth-order valence-electron chi connectivity index (χ4n) is 5.13. The molecular weight excluding hydrogens is 528 g/mol. The average molecular weight is 601 g/mol. The smallest absolute Gasteiger partial charge is 0.329 e. The van der Waals surface area contributed by atoms with Crippen LogP contribution in [0.3, 0.4) is 0 Å². The number of ether oxygens (including phenoxy) is 2. The maximum absolute atomic E-state index is 9.66. The van der Waals surface area contributed by atoms with Crippen LogP contribution in [0, 0.1) is 0 Å². The van der Waals surface area contributed by atoms with Gasteiger partial charge in [0.2, 0.25) is 0 Å². The van der Waals surface area contributed by atoms with Gasteiger partial charge in [0.05, 0.1) is 0 Å². The van der Waals surface area contributed by atoms with Crippen molar-refractivity contribution in [2.24, 2.45) is 0 Å². The zero-order valence-electron chi connectivity index (χ0n) is 28.2. The highest BCUT2D eigenvalue weighted by Gasteiger charge is 1.99. The van der Waals surface area contributed by atoms with Gasteiger partial charge in [-0.3, -0.25) is 0 Å². The van der Waals surface area contributed by atoms with Crippen molar-refractivity contribution in [2.45, 2.75) is 194 Å². The van der Waals surface area contributed by atoms with Crippen LogP contribution in [0.2, 0.25) is 0 Å². The molecule has 252 valence electrons. The minimum absolute atomic E-state index is 0.563. The fourth-order valence-corrected chi connectivity index (χ4v) is 5.13. The zero-order chi connectivity index (χ0) is 31.2. The van der Waals surface area contributed by atoms with E-state index in [2.05, 4.69) is 18.6 Å². The normalized spacial score (nSPS) is 10.9. The first-order valence-corrected chi connectivity index (χ1v) is 18.1. The SMILES string of the molecule is CCCCCCCCCCCCCCCCOCCCCCCCCCCCCCCCC.O=C(O)COCC(=O)O. The van der Waals surface area contributed by atoms with Crippen LogP contribution in [0.4, 0.5) is 0 Å². The van der Waals surface area contributed by atoms with E-state index in [1.54, 1.807) is 0 Å². The second-order valence-electron chi connectivity index (χ2n) is 12.1. The molecule has 0 heterocycles. The summed E-state index contributed by atoms with van der Waals surface area (Å²) in [6.07, 6.45) is 40.1. The summed E-state index contributed by atoms with van der Waals surface area (Å²) in [6, 6.07) is 0. The highest BCUT2D eigenvalue weighted by atomic mass is 16.5. The minimum Gasteiger partial charge on any atom is -0.480 e. The molecule has 0 aromatic carbocycles. The second-order valence-corrected chi connectivity index (χ2v) is 12.1. The number of carboxylic acid groups (broad SMARTS) is 2. The quantitative estimate of drug-likeness (QED) is 0.0714. The monoisotopic (exact) mass is 601 g/mol. The summed E-state index contributed by atoms with van der Waals surface area (Å²) in [4.78, 5) is 19.3. The maximum atomic E-state index is 9.66. The van der Waals surface area contributed by atoms with Crippen molar-refractivity contribution in [3.8, 4) is 0 Å². The lowest BCUT2D eigenvalue weighted by Crippen LogP contribution is -2.13.